The molecular formula is C29H40N4O7. The average molecular weight is 557 g/mol. The maximum Gasteiger partial charge on any atom is 0.410 e. The highest BCUT2D eigenvalue weighted by atomic mass is 16.6. The van der Waals surface area contributed by atoms with Crippen molar-refractivity contribution < 1.29 is 33.4 Å². The van der Waals surface area contributed by atoms with Gasteiger partial charge in [-0.05, 0) is 77.6 Å². The van der Waals surface area contributed by atoms with Crippen molar-refractivity contribution in [3.8, 4) is 5.75 Å². The number of hydrogen-bond acceptors (Lipinski definition) is 8. The Bertz CT molecular complexity index is 1150. The molecule has 0 spiro atoms. The molecule has 5 amide bonds. The second kappa shape index (κ2) is 12.4. The van der Waals surface area contributed by atoms with Crippen LogP contribution in [-0.2, 0) is 14.3 Å². The molecule has 3 heterocycles. The number of amides is 5. The van der Waals surface area contributed by atoms with Crippen molar-refractivity contribution in [1.82, 2.24) is 20.0 Å². The summed E-state index contributed by atoms with van der Waals surface area (Å²) in [4.78, 5) is 66.7. The van der Waals surface area contributed by atoms with Gasteiger partial charge in [-0.2, -0.15) is 0 Å². The molecule has 0 radical (unpaired) electrons. The molecule has 0 saturated carbocycles. The lowest BCUT2D eigenvalue weighted by atomic mass is 10.0. The number of nitrogens with one attached hydrogen (secondary N) is 1. The number of likely N-dealkylation sites (tertiary alicyclic amines) is 1. The minimum atomic E-state index is -0.982. The Kier molecular flexibility index (Phi) is 9.12. The average Bonchev–Trinajstić information content (AvgIpc) is 3.13. The topological polar surface area (TPSA) is 126 Å². The van der Waals surface area contributed by atoms with Crippen LogP contribution < -0.4 is 10.1 Å². The van der Waals surface area contributed by atoms with Gasteiger partial charge in [0.1, 0.15) is 23.5 Å². The molecule has 0 aliphatic carbocycles. The van der Waals surface area contributed by atoms with Crippen LogP contribution >= 0.6 is 0 Å². The van der Waals surface area contributed by atoms with Gasteiger partial charge in [0.05, 0.1) is 11.1 Å². The van der Waals surface area contributed by atoms with Gasteiger partial charge in [-0.25, -0.2) is 4.79 Å². The van der Waals surface area contributed by atoms with Crippen LogP contribution in [0.25, 0.3) is 0 Å². The fourth-order valence-corrected chi connectivity index (χ4v) is 5.26. The number of benzene rings is 1. The number of piperidine rings is 2. The molecule has 0 bridgehead atoms. The minimum Gasteiger partial charge on any atom is -0.490 e. The second-order valence-electron chi connectivity index (χ2n) is 11.8. The van der Waals surface area contributed by atoms with Gasteiger partial charge in [0.25, 0.3) is 11.8 Å². The number of ether oxygens (including phenoxy) is 2. The second-order valence-corrected chi connectivity index (χ2v) is 11.8. The smallest absolute Gasteiger partial charge is 0.410 e. The predicted molar refractivity (Wildman–Crippen MR) is 146 cm³/mol. The van der Waals surface area contributed by atoms with Crippen LogP contribution in [0.15, 0.2) is 18.2 Å². The zero-order valence-corrected chi connectivity index (χ0v) is 23.9. The van der Waals surface area contributed by atoms with E-state index < -0.39 is 35.3 Å². The summed E-state index contributed by atoms with van der Waals surface area (Å²) in [5.41, 5.74) is -0.0204. The van der Waals surface area contributed by atoms with Crippen molar-refractivity contribution in [2.45, 2.75) is 83.5 Å². The molecule has 11 nitrogen and oxygen atoms in total. The quantitative estimate of drug-likeness (QED) is 0.364. The van der Waals surface area contributed by atoms with Gasteiger partial charge in [-0.1, -0.05) is 6.42 Å². The molecular weight excluding hydrogens is 516 g/mol. The SMILES string of the molecule is CN(CCCCCN1CCC(Oc2ccc3c(c2)C(=O)N(C2CCC(=O)NC2=O)C3=O)CC1)C(=O)OC(C)(C)C. The summed E-state index contributed by atoms with van der Waals surface area (Å²) in [6.45, 7) is 9.07. The summed E-state index contributed by atoms with van der Waals surface area (Å²) in [5, 5.41) is 2.21. The van der Waals surface area contributed by atoms with E-state index in [2.05, 4.69) is 10.2 Å². The molecule has 2 fully saturated rings. The third-order valence-corrected chi connectivity index (χ3v) is 7.42. The van der Waals surface area contributed by atoms with Gasteiger partial charge >= 0.3 is 6.09 Å². The zero-order valence-electron chi connectivity index (χ0n) is 23.9. The largest absolute Gasteiger partial charge is 0.490 e. The van der Waals surface area contributed by atoms with Crippen molar-refractivity contribution in [2.24, 2.45) is 0 Å². The molecule has 1 aromatic carbocycles. The number of rotatable bonds is 9. The number of carbonyl (C=O) groups excluding carboxylic acids is 5. The van der Waals surface area contributed by atoms with Crippen LogP contribution in [0.1, 0.15) is 86.4 Å². The maximum atomic E-state index is 13.0. The summed E-state index contributed by atoms with van der Waals surface area (Å²) in [7, 11) is 1.77. The van der Waals surface area contributed by atoms with Crippen LogP contribution in [0.5, 0.6) is 5.75 Å². The van der Waals surface area contributed by atoms with Gasteiger partial charge in [0.15, 0.2) is 0 Å². The lowest BCUT2D eigenvalue weighted by Gasteiger charge is -2.32. The summed E-state index contributed by atoms with van der Waals surface area (Å²) >= 11 is 0. The Morgan fingerprint density at radius 1 is 1.00 bits per heavy atom. The highest BCUT2D eigenvalue weighted by molar-refractivity contribution is 6.23. The molecule has 3 aliphatic rings. The van der Waals surface area contributed by atoms with Crippen molar-refractivity contribution in [3.63, 3.8) is 0 Å². The van der Waals surface area contributed by atoms with Crippen LogP contribution in [0.4, 0.5) is 4.79 Å². The van der Waals surface area contributed by atoms with E-state index in [-0.39, 0.29) is 36.2 Å². The molecule has 1 atom stereocenters. The molecule has 40 heavy (non-hydrogen) atoms. The van der Waals surface area contributed by atoms with Crippen molar-refractivity contribution in [3.05, 3.63) is 29.3 Å². The summed E-state index contributed by atoms with van der Waals surface area (Å²) < 4.78 is 11.6. The van der Waals surface area contributed by atoms with E-state index in [1.54, 1.807) is 30.1 Å². The molecule has 3 aliphatic heterocycles. The third kappa shape index (κ3) is 7.18. The Hall–Kier alpha value is -3.47. The molecule has 2 saturated heterocycles. The number of nitrogens with zero attached hydrogens (tertiary/aromatic N) is 3. The van der Waals surface area contributed by atoms with E-state index in [1.807, 2.05) is 20.8 Å². The fraction of sp³-hybridized carbons (Fsp3) is 0.621. The van der Waals surface area contributed by atoms with Gasteiger partial charge in [0, 0.05) is 33.1 Å². The van der Waals surface area contributed by atoms with Crippen LogP contribution in [-0.4, -0.2) is 95.4 Å². The van der Waals surface area contributed by atoms with Gasteiger partial charge in [-0.3, -0.25) is 29.4 Å². The normalized spacial score (nSPS) is 20.4. The van der Waals surface area contributed by atoms with E-state index in [1.165, 1.54) is 0 Å². The van der Waals surface area contributed by atoms with Crippen molar-refractivity contribution >= 4 is 29.7 Å². The highest BCUT2D eigenvalue weighted by Crippen LogP contribution is 2.31. The Morgan fingerprint density at radius 2 is 1.70 bits per heavy atom. The number of carbonyl (C=O) groups is 5. The first-order chi connectivity index (χ1) is 18.9. The number of hydrogen-bond donors (Lipinski definition) is 1. The Balaban J connectivity index is 1.19. The van der Waals surface area contributed by atoms with Crippen LogP contribution in [0.2, 0.25) is 0 Å². The maximum absolute atomic E-state index is 13.0. The molecule has 1 N–H and O–H groups in total. The van der Waals surface area contributed by atoms with Crippen LogP contribution in [0, 0.1) is 0 Å². The third-order valence-electron chi connectivity index (χ3n) is 7.42. The Labute approximate surface area is 235 Å². The van der Waals surface area contributed by atoms with Gasteiger partial charge in [0.2, 0.25) is 11.8 Å². The van der Waals surface area contributed by atoms with Crippen LogP contribution in [0.3, 0.4) is 0 Å². The summed E-state index contributed by atoms with van der Waals surface area (Å²) in [6, 6.07) is 3.87. The first-order valence-corrected chi connectivity index (χ1v) is 14.1. The minimum absolute atomic E-state index is 0.00947. The molecule has 1 unspecified atom stereocenters. The lowest BCUT2D eigenvalue weighted by Crippen LogP contribution is -2.54. The van der Waals surface area contributed by atoms with Gasteiger partial charge < -0.3 is 19.3 Å². The van der Waals surface area contributed by atoms with Crippen molar-refractivity contribution in [2.75, 3.05) is 33.2 Å². The number of fused-ring (bicyclic) bond motifs is 1. The molecule has 1 aromatic rings. The standard InChI is InChI=1S/C29H40N4O7/c1-29(2,3)40-28(38)31(4)14-6-5-7-15-32-16-12-19(13-17-32)39-20-8-9-21-22(18-20)27(37)33(26(21)36)23-10-11-24(34)30-25(23)35/h8-9,18-19,23H,5-7,10-17H2,1-4H3,(H,30,34,35). The zero-order chi connectivity index (χ0) is 29.0. The summed E-state index contributed by atoms with van der Waals surface area (Å²) in [6.07, 6.45) is 4.65. The van der Waals surface area contributed by atoms with E-state index in [0.29, 0.717) is 12.3 Å². The number of imide groups is 2. The fourth-order valence-electron chi connectivity index (χ4n) is 5.26. The molecule has 11 heteroatoms. The highest BCUT2D eigenvalue weighted by Gasteiger charge is 2.44. The first kappa shape index (κ1) is 29.5. The van der Waals surface area contributed by atoms with E-state index in [0.717, 1.165) is 56.6 Å². The van der Waals surface area contributed by atoms with E-state index >= 15 is 0 Å². The van der Waals surface area contributed by atoms with Crippen molar-refractivity contribution in [1.29, 1.82) is 0 Å². The van der Waals surface area contributed by atoms with Gasteiger partial charge in [-0.15, -0.1) is 0 Å². The molecule has 218 valence electrons. The van der Waals surface area contributed by atoms with E-state index in [9.17, 15) is 24.0 Å². The molecule has 0 aromatic heterocycles. The lowest BCUT2D eigenvalue weighted by molar-refractivity contribution is -0.136. The predicted octanol–water partition coefficient (Wildman–Crippen LogP) is 2.97. The number of unbranched alkanes of at least 4 members (excludes halogenated alkanes) is 2. The molecule has 4 rings (SSSR count). The monoisotopic (exact) mass is 556 g/mol. The summed E-state index contributed by atoms with van der Waals surface area (Å²) in [5.74, 6) is -1.56. The van der Waals surface area contributed by atoms with E-state index in [4.69, 9.17) is 9.47 Å². The first-order valence-electron chi connectivity index (χ1n) is 14.1. The Morgan fingerprint density at radius 3 is 2.38 bits per heavy atom.